The van der Waals surface area contributed by atoms with E-state index in [0.717, 1.165) is 24.9 Å². The SMILES string of the molecule is CCCNCCC=C(C)C1CCCC(CC)C1. The summed E-state index contributed by atoms with van der Waals surface area (Å²) in [5.41, 5.74) is 1.65. The van der Waals surface area contributed by atoms with E-state index in [1.165, 1.54) is 44.9 Å². The molecule has 1 aliphatic rings. The minimum absolute atomic E-state index is 0.889. The Morgan fingerprint density at radius 1 is 1.24 bits per heavy atom. The highest BCUT2D eigenvalue weighted by molar-refractivity contribution is 5.05. The second-order valence-electron chi connectivity index (χ2n) is 5.62. The molecule has 2 unspecified atom stereocenters. The Balaban J connectivity index is 2.25. The molecule has 1 rings (SSSR count). The molecule has 0 amide bonds. The summed E-state index contributed by atoms with van der Waals surface area (Å²) in [4.78, 5) is 0. The normalized spacial score (nSPS) is 26.2. The van der Waals surface area contributed by atoms with Crippen LogP contribution in [-0.4, -0.2) is 13.1 Å². The van der Waals surface area contributed by atoms with E-state index in [2.05, 4.69) is 32.2 Å². The summed E-state index contributed by atoms with van der Waals surface area (Å²) in [6, 6.07) is 0. The minimum Gasteiger partial charge on any atom is -0.316 e. The second-order valence-corrected chi connectivity index (χ2v) is 5.62. The summed E-state index contributed by atoms with van der Waals surface area (Å²) >= 11 is 0. The molecule has 0 aliphatic heterocycles. The highest BCUT2D eigenvalue weighted by Gasteiger charge is 2.21. The van der Waals surface area contributed by atoms with Crippen molar-refractivity contribution in [2.75, 3.05) is 13.1 Å². The van der Waals surface area contributed by atoms with Crippen molar-refractivity contribution in [1.82, 2.24) is 5.32 Å². The molecule has 1 nitrogen and oxygen atoms in total. The van der Waals surface area contributed by atoms with Crippen molar-refractivity contribution in [3.05, 3.63) is 11.6 Å². The van der Waals surface area contributed by atoms with Crippen LogP contribution < -0.4 is 5.32 Å². The lowest BCUT2D eigenvalue weighted by Gasteiger charge is -2.29. The van der Waals surface area contributed by atoms with Gasteiger partial charge in [-0.25, -0.2) is 0 Å². The van der Waals surface area contributed by atoms with Crippen LogP contribution >= 0.6 is 0 Å². The van der Waals surface area contributed by atoms with Crippen LogP contribution in [0.3, 0.4) is 0 Å². The summed E-state index contributed by atoms with van der Waals surface area (Å²) in [6.07, 6.45) is 12.1. The van der Waals surface area contributed by atoms with Gasteiger partial charge in [0.2, 0.25) is 0 Å². The molecule has 0 radical (unpaired) electrons. The highest BCUT2D eigenvalue weighted by Crippen LogP contribution is 2.34. The van der Waals surface area contributed by atoms with E-state index in [-0.39, 0.29) is 0 Å². The van der Waals surface area contributed by atoms with E-state index in [9.17, 15) is 0 Å². The van der Waals surface area contributed by atoms with Crippen LogP contribution in [0.1, 0.15) is 65.7 Å². The van der Waals surface area contributed by atoms with E-state index < -0.39 is 0 Å². The van der Waals surface area contributed by atoms with Crippen LogP contribution in [0.4, 0.5) is 0 Å². The van der Waals surface area contributed by atoms with Crippen molar-refractivity contribution in [1.29, 1.82) is 0 Å². The van der Waals surface area contributed by atoms with E-state index >= 15 is 0 Å². The van der Waals surface area contributed by atoms with Crippen LogP contribution in [0.15, 0.2) is 11.6 Å². The molecule has 1 N–H and O–H groups in total. The van der Waals surface area contributed by atoms with E-state index in [1.54, 1.807) is 5.57 Å². The fourth-order valence-corrected chi connectivity index (χ4v) is 2.95. The van der Waals surface area contributed by atoms with E-state index in [4.69, 9.17) is 0 Å². The fourth-order valence-electron chi connectivity index (χ4n) is 2.95. The third-order valence-electron chi connectivity index (χ3n) is 4.22. The lowest BCUT2D eigenvalue weighted by molar-refractivity contribution is 0.288. The van der Waals surface area contributed by atoms with Gasteiger partial charge >= 0.3 is 0 Å². The molecule has 0 saturated heterocycles. The molecule has 1 aliphatic carbocycles. The molecule has 0 aromatic rings. The van der Waals surface area contributed by atoms with Gasteiger partial charge in [-0.15, -0.1) is 0 Å². The lowest BCUT2D eigenvalue weighted by Crippen LogP contribution is -2.17. The molecule has 0 aromatic carbocycles. The number of hydrogen-bond acceptors (Lipinski definition) is 1. The molecule has 0 bridgehead atoms. The predicted octanol–water partition coefficient (Wildman–Crippen LogP) is 4.54. The van der Waals surface area contributed by atoms with Crippen molar-refractivity contribution in [2.45, 2.75) is 65.7 Å². The monoisotopic (exact) mass is 237 g/mol. The molecule has 2 atom stereocenters. The van der Waals surface area contributed by atoms with Crippen LogP contribution in [-0.2, 0) is 0 Å². The molecule has 0 spiro atoms. The molecule has 100 valence electrons. The van der Waals surface area contributed by atoms with Crippen molar-refractivity contribution < 1.29 is 0 Å². The van der Waals surface area contributed by atoms with Crippen LogP contribution in [0, 0.1) is 11.8 Å². The minimum atomic E-state index is 0.889. The van der Waals surface area contributed by atoms with Crippen molar-refractivity contribution in [2.24, 2.45) is 11.8 Å². The molecular formula is C16H31N. The van der Waals surface area contributed by atoms with Crippen LogP contribution in [0.2, 0.25) is 0 Å². The zero-order valence-electron chi connectivity index (χ0n) is 12.1. The first-order valence-electron chi connectivity index (χ1n) is 7.65. The third kappa shape index (κ3) is 5.72. The van der Waals surface area contributed by atoms with Gasteiger partial charge in [-0.05, 0) is 57.5 Å². The molecule has 1 saturated carbocycles. The van der Waals surface area contributed by atoms with Crippen molar-refractivity contribution in [3.8, 4) is 0 Å². The Morgan fingerprint density at radius 2 is 2.06 bits per heavy atom. The van der Waals surface area contributed by atoms with Gasteiger partial charge in [0.1, 0.15) is 0 Å². The predicted molar refractivity (Wildman–Crippen MR) is 77.3 cm³/mol. The van der Waals surface area contributed by atoms with Gasteiger partial charge in [-0.3, -0.25) is 0 Å². The average molecular weight is 237 g/mol. The summed E-state index contributed by atoms with van der Waals surface area (Å²) in [5.74, 6) is 1.88. The van der Waals surface area contributed by atoms with E-state index in [0.29, 0.717) is 0 Å². The smallest absolute Gasteiger partial charge is 0.00142 e. The second kappa shape index (κ2) is 8.74. The molecule has 0 aromatic heterocycles. The Morgan fingerprint density at radius 3 is 2.76 bits per heavy atom. The Labute approximate surface area is 108 Å². The highest BCUT2D eigenvalue weighted by atomic mass is 14.8. The average Bonchev–Trinajstić information content (AvgIpc) is 2.38. The lowest BCUT2D eigenvalue weighted by atomic mass is 9.77. The van der Waals surface area contributed by atoms with Gasteiger partial charge in [-0.1, -0.05) is 44.8 Å². The largest absolute Gasteiger partial charge is 0.316 e. The van der Waals surface area contributed by atoms with Crippen LogP contribution in [0.25, 0.3) is 0 Å². The third-order valence-corrected chi connectivity index (χ3v) is 4.22. The zero-order chi connectivity index (χ0) is 12.5. The standard InChI is InChI=1S/C16H31N/c1-4-11-17-12-7-8-14(3)16-10-6-9-15(5-2)13-16/h8,15-17H,4-7,9-13H2,1-3H3. The number of nitrogens with one attached hydrogen (secondary N) is 1. The zero-order valence-corrected chi connectivity index (χ0v) is 12.1. The Bertz CT molecular complexity index is 220. The topological polar surface area (TPSA) is 12.0 Å². The number of hydrogen-bond donors (Lipinski definition) is 1. The van der Waals surface area contributed by atoms with Crippen molar-refractivity contribution >= 4 is 0 Å². The summed E-state index contributed by atoms with van der Waals surface area (Å²) < 4.78 is 0. The van der Waals surface area contributed by atoms with Gasteiger partial charge in [0.15, 0.2) is 0 Å². The first-order valence-corrected chi connectivity index (χ1v) is 7.65. The molecular weight excluding hydrogens is 206 g/mol. The molecule has 1 fully saturated rings. The Kier molecular flexibility index (Phi) is 7.59. The Hall–Kier alpha value is -0.300. The van der Waals surface area contributed by atoms with Gasteiger partial charge in [-0.2, -0.15) is 0 Å². The van der Waals surface area contributed by atoms with Crippen molar-refractivity contribution in [3.63, 3.8) is 0 Å². The summed E-state index contributed by atoms with van der Waals surface area (Å²) in [7, 11) is 0. The number of allylic oxidation sites excluding steroid dienone is 1. The van der Waals surface area contributed by atoms with Gasteiger partial charge < -0.3 is 5.32 Å². The molecule has 17 heavy (non-hydrogen) atoms. The maximum absolute atomic E-state index is 3.47. The van der Waals surface area contributed by atoms with Gasteiger partial charge in [0.05, 0.1) is 0 Å². The quantitative estimate of drug-likeness (QED) is 0.506. The maximum atomic E-state index is 3.47. The fraction of sp³-hybridized carbons (Fsp3) is 0.875. The van der Waals surface area contributed by atoms with E-state index in [1.807, 2.05) is 0 Å². The number of rotatable bonds is 7. The summed E-state index contributed by atoms with van der Waals surface area (Å²) in [5, 5.41) is 3.47. The summed E-state index contributed by atoms with van der Waals surface area (Å²) in [6.45, 7) is 9.23. The van der Waals surface area contributed by atoms with Gasteiger partial charge in [0, 0.05) is 0 Å². The van der Waals surface area contributed by atoms with Crippen LogP contribution in [0.5, 0.6) is 0 Å². The van der Waals surface area contributed by atoms with Gasteiger partial charge in [0.25, 0.3) is 0 Å². The molecule has 0 heterocycles. The first kappa shape index (κ1) is 14.8. The maximum Gasteiger partial charge on any atom is -0.00142 e. The molecule has 1 heteroatoms. The first-order chi connectivity index (χ1) is 8.27.